The lowest BCUT2D eigenvalue weighted by atomic mass is 10.0. The number of nitrogens with zero attached hydrogens (tertiary/aromatic N) is 3. The molecule has 2 aromatic rings. The summed E-state index contributed by atoms with van der Waals surface area (Å²) in [7, 11) is 3.38. The molecule has 0 aliphatic carbocycles. The van der Waals surface area contributed by atoms with Crippen molar-refractivity contribution in [3.63, 3.8) is 0 Å². The average molecular weight is 377 g/mol. The molecule has 1 aromatic carbocycles. The maximum Gasteiger partial charge on any atom is 0.274 e. The van der Waals surface area contributed by atoms with Crippen LogP contribution in [0.15, 0.2) is 28.7 Å². The number of rotatable bonds is 2. The first-order chi connectivity index (χ1) is 11.0. The van der Waals surface area contributed by atoms with Crippen LogP contribution >= 0.6 is 15.9 Å². The van der Waals surface area contributed by atoms with Crippen LogP contribution in [0, 0.1) is 0 Å². The standard InChI is InChI=1S/C16H17BrN4O2/c1-20(2)16(23)14-12-9-21(8-7-13(12)18-19-14)15(22)10-3-5-11(17)6-4-10/h3-6H,7-9H2,1-2H3,(H,18,19). The lowest BCUT2D eigenvalue weighted by Crippen LogP contribution is -2.36. The minimum absolute atomic E-state index is 0.0346. The van der Waals surface area contributed by atoms with Crippen molar-refractivity contribution >= 4 is 27.7 Å². The van der Waals surface area contributed by atoms with Gasteiger partial charge in [0.2, 0.25) is 0 Å². The number of aromatic amines is 1. The third kappa shape index (κ3) is 3.01. The Morgan fingerprint density at radius 1 is 1.26 bits per heavy atom. The van der Waals surface area contributed by atoms with Crippen molar-refractivity contribution in [3.05, 3.63) is 51.3 Å². The summed E-state index contributed by atoms with van der Waals surface area (Å²) in [6.45, 7) is 1.01. The Hall–Kier alpha value is -2.15. The minimum atomic E-state index is -0.152. The fourth-order valence-corrected chi connectivity index (χ4v) is 2.90. The van der Waals surface area contributed by atoms with Crippen LogP contribution in [0.3, 0.4) is 0 Å². The predicted octanol–water partition coefficient (Wildman–Crippen LogP) is 2.07. The van der Waals surface area contributed by atoms with Crippen LogP contribution in [0.4, 0.5) is 0 Å². The summed E-state index contributed by atoms with van der Waals surface area (Å²) in [5, 5.41) is 7.06. The van der Waals surface area contributed by atoms with E-state index >= 15 is 0 Å². The molecule has 0 fully saturated rings. The molecule has 7 heteroatoms. The summed E-state index contributed by atoms with van der Waals surface area (Å²) < 4.78 is 0.934. The van der Waals surface area contributed by atoms with Gasteiger partial charge in [0.05, 0.1) is 6.54 Å². The van der Waals surface area contributed by atoms with E-state index in [1.165, 1.54) is 4.90 Å². The molecular weight excluding hydrogens is 360 g/mol. The number of H-pyrrole nitrogens is 1. The number of hydrogen-bond acceptors (Lipinski definition) is 3. The second-order valence-corrected chi connectivity index (χ2v) is 6.63. The zero-order valence-electron chi connectivity index (χ0n) is 13.0. The number of aromatic nitrogens is 2. The van der Waals surface area contributed by atoms with Gasteiger partial charge in [0.15, 0.2) is 5.69 Å². The summed E-state index contributed by atoms with van der Waals surface area (Å²) in [6.07, 6.45) is 0.672. The molecule has 0 radical (unpaired) electrons. The number of fused-ring (bicyclic) bond motifs is 1. The fraction of sp³-hybridized carbons (Fsp3) is 0.312. The molecule has 0 unspecified atom stereocenters. The van der Waals surface area contributed by atoms with E-state index in [0.29, 0.717) is 30.8 Å². The van der Waals surface area contributed by atoms with Gasteiger partial charge in [-0.25, -0.2) is 0 Å². The van der Waals surface area contributed by atoms with Crippen molar-refractivity contribution in [2.45, 2.75) is 13.0 Å². The van der Waals surface area contributed by atoms with Crippen molar-refractivity contribution in [1.82, 2.24) is 20.0 Å². The van der Waals surface area contributed by atoms with Crippen LogP contribution in [-0.2, 0) is 13.0 Å². The molecule has 0 saturated carbocycles. The molecule has 120 valence electrons. The first-order valence-corrected chi connectivity index (χ1v) is 8.09. The number of nitrogens with one attached hydrogen (secondary N) is 1. The molecule has 0 atom stereocenters. The summed E-state index contributed by atoms with van der Waals surface area (Å²) in [5.74, 6) is -0.187. The maximum absolute atomic E-state index is 12.6. The van der Waals surface area contributed by atoms with E-state index in [1.54, 1.807) is 31.1 Å². The zero-order chi connectivity index (χ0) is 16.6. The van der Waals surface area contributed by atoms with Gasteiger partial charge in [-0.05, 0) is 24.3 Å². The smallest absolute Gasteiger partial charge is 0.274 e. The first kappa shape index (κ1) is 15.7. The van der Waals surface area contributed by atoms with Gasteiger partial charge in [-0.15, -0.1) is 0 Å². The molecule has 23 heavy (non-hydrogen) atoms. The molecular formula is C16H17BrN4O2. The lowest BCUT2D eigenvalue weighted by molar-refractivity contribution is 0.0726. The highest BCUT2D eigenvalue weighted by Gasteiger charge is 2.28. The Morgan fingerprint density at radius 3 is 2.61 bits per heavy atom. The number of carbonyl (C=O) groups is 2. The van der Waals surface area contributed by atoms with Gasteiger partial charge in [-0.2, -0.15) is 5.10 Å². The number of halogens is 1. The fourth-order valence-electron chi connectivity index (χ4n) is 2.63. The van der Waals surface area contributed by atoms with Crippen LogP contribution in [-0.4, -0.2) is 52.5 Å². The third-order valence-electron chi connectivity index (χ3n) is 3.92. The predicted molar refractivity (Wildman–Crippen MR) is 89.2 cm³/mol. The quantitative estimate of drug-likeness (QED) is 0.871. The second-order valence-electron chi connectivity index (χ2n) is 5.71. The van der Waals surface area contributed by atoms with Gasteiger partial charge in [-0.1, -0.05) is 15.9 Å². The summed E-state index contributed by atoms with van der Waals surface area (Å²) in [5.41, 5.74) is 2.80. The molecule has 2 amide bonds. The Kier molecular flexibility index (Phi) is 4.21. The highest BCUT2D eigenvalue weighted by Crippen LogP contribution is 2.23. The molecule has 1 aromatic heterocycles. The Morgan fingerprint density at radius 2 is 1.96 bits per heavy atom. The second kappa shape index (κ2) is 6.16. The highest BCUT2D eigenvalue weighted by molar-refractivity contribution is 9.10. The Bertz CT molecular complexity index is 752. The van der Waals surface area contributed by atoms with Crippen LogP contribution in [0.5, 0.6) is 0 Å². The van der Waals surface area contributed by atoms with E-state index in [1.807, 2.05) is 12.1 Å². The molecule has 2 heterocycles. The van der Waals surface area contributed by atoms with E-state index in [4.69, 9.17) is 0 Å². The van der Waals surface area contributed by atoms with Crippen molar-refractivity contribution in [1.29, 1.82) is 0 Å². The van der Waals surface area contributed by atoms with Gasteiger partial charge in [0, 0.05) is 48.4 Å². The number of benzene rings is 1. The van der Waals surface area contributed by atoms with E-state index in [2.05, 4.69) is 26.1 Å². The largest absolute Gasteiger partial charge is 0.343 e. The van der Waals surface area contributed by atoms with Crippen molar-refractivity contribution in [2.75, 3.05) is 20.6 Å². The summed E-state index contributed by atoms with van der Waals surface area (Å²) in [6, 6.07) is 7.29. The van der Waals surface area contributed by atoms with Crippen LogP contribution < -0.4 is 0 Å². The molecule has 1 aliphatic rings. The SMILES string of the molecule is CN(C)C(=O)c1n[nH]c2c1CN(C(=O)c1ccc(Br)cc1)CC2. The molecule has 0 saturated heterocycles. The van der Waals surface area contributed by atoms with Gasteiger partial charge in [-0.3, -0.25) is 14.7 Å². The zero-order valence-corrected chi connectivity index (χ0v) is 14.6. The van der Waals surface area contributed by atoms with Crippen LogP contribution in [0.25, 0.3) is 0 Å². The molecule has 1 aliphatic heterocycles. The van der Waals surface area contributed by atoms with Crippen molar-refractivity contribution < 1.29 is 9.59 Å². The highest BCUT2D eigenvalue weighted by atomic mass is 79.9. The summed E-state index contributed by atoms with van der Waals surface area (Å²) >= 11 is 3.37. The topological polar surface area (TPSA) is 69.3 Å². The van der Waals surface area contributed by atoms with Gasteiger partial charge in [0.25, 0.3) is 11.8 Å². The Balaban J connectivity index is 1.84. The summed E-state index contributed by atoms with van der Waals surface area (Å²) in [4.78, 5) is 28.1. The van der Waals surface area contributed by atoms with E-state index in [0.717, 1.165) is 15.7 Å². The monoisotopic (exact) mass is 376 g/mol. The molecule has 1 N–H and O–H groups in total. The third-order valence-corrected chi connectivity index (χ3v) is 4.45. The lowest BCUT2D eigenvalue weighted by Gasteiger charge is -2.27. The molecule has 3 rings (SSSR count). The normalized spacial score (nSPS) is 13.6. The average Bonchev–Trinajstić information content (AvgIpc) is 2.97. The van der Waals surface area contributed by atoms with Crippen molar-refractivity contribution in [2.24, 2.45) is 0 Å². The van der Waals surface area contributed by atoms with E-state index < -0.39 is 0 Å². The van der Waals surface area contributed by atoms with Gasteiger partial charge < -0.3 is 9.80 Å². The Labute approximate surface area is 142 Å². The van der Waals surface area contributed by atoms with Gasteiger partial charge >= 0.3 is 0 Å². The van der Waals surface area contributed by atoms with E-state index in [-0.39, 0.29) is 11.8 Å². The number of carbonyl (C=O) groups excluding carboxylic acids is 2. The van der Waals surface area contributed by atoms with Crippen molar-refractivity contribution in [3.8, 4) is 0 Å². The minimum Gasteiger partial charge on any atom is -0.343 e. The van der Waals surface area contributed by atoms with E-state index in [9.17, 15) is 9.59 Å². The number of hydrogen-bond donors (Lipinski definition) is 1. The van der Waals surface area contributed by atoms with Crippen LogP contribution in [0.2, 0.25) is 0 Å². The maximum atomic E-state index is 12.6. The number of amides is 2. The first-order valence-electron chi connectivity index (χ1n) is 7.30. The molecule has 6 nitrogen and oxygen atoms in total. The molecule has 0 bridgehead atoms. The van der Waals surface area contributed by atoms with Crippen LogP contribution in [0.1, 0.15) is 32.1 Å². The van der Waals surface area contributed by atoms with Gasteiger partial charge in [0.1, 0.15) is 0 Å². The molecule has 0 spiro atoms.